The van der Waals surface area contributed by atoms with Crippen molar-refractivity contribution in [2.24, 2.45) is 0 Å². The molecule has 90 valence electrons. The molecule has 0 saturated heterocycles. The van der Waals surface area contributed by atoms with Crippen LogP contribution in [-0.2, 0) is 6.54 Å². The number of carbonyl (C=O) groups is 1. The van der Waals surface area contributed by atoms with E-state index in [2.05, 4.69) is 20.4 Å². The van der Waals surface area contributed by atoms with Crippen molar-refractivity contribution in [1.29, 1.82) is 0 Å². The van der Waals surface area contributed by atoms with Crippen LogP contribution in [0.25, 0.3) is 0 Å². The van der Waals surface area contributed by atoms with Crippen LogP contribution in [0.5, 0.6) is 0 Å². The number of rotatable bonds is 5. The Labute approximate surface area is 97.8 Å². The van der Waals surface area contributed by atoms with Gasteiger partial charge in [-0.15, -0.1) is 0 Å². The quantitative estimate of drug-likeness (QED) is 0.758. The molecule has 0 radical (unpaired) electrons. The van der Waals surface area contributed by atoms with Crippen molar-refractivity contribution in [3.05, 3.63) is 30.4 Å². The third-order valence-electron chi connectivity index (χ3n) is 2.16. The lowest BCUT2D eigenvalue weighted by atomic mass is 10.4. The summed E-state index contributed by atoms with van der Waals surface area (Å²) in [6.07, 6.45) is 6.15. The average Bonchev–Trinajstić information content (AvgIpc) is 2.95. The molecule has 1 N–H and O–H groups in total. The third-order valence-corrected chi connectivity index (χ3v) is 2.16. The molecule has 0 bridgehead atoms. The van der Waals surface area contributed by atoms with Gasteiger partial charge in [-0.1, -0.05) is 5.16 Å². The maximum absolute atomic E-state index is 11.5. The summed E-state index contributed by atoms with van der Waals surface area (Å²) in [6.45, 7) is 3.03. The topological polar surface area (TPSA) is 85.8 Å². The van der Waals surface area contributed by atoms with Crippen LogP contribution >= 0.6 is 0 Å². The highest BCUT2D eigenvalue weighted by Crippen LogP contribution is 1.95. The first-order valence-electron chi connectivity index (χ1n) is 5.30. The molecule has 2 aromatic heterocycles. The number of amides is 1. The first-order valence-corrected chi connectivity index (χ1v) is 5.30. The Bertz CT molecular complexity index is 477. The van der Waals surface area contributed by atoms with Crippen molar-refractivity contribution in [1.82, 2.24) is 25.0 Å². The molecule has 7 heteroatoms. The first-order chi connectivity index (χ1) is 8.25. The van der Waals surface area contributed by atoms with Gasteiger partial charge >= 0.3 is 11.8 Å². The summed E-state index contributed by atoms with van der Waals surface area (Å²) in [4.78, 5) is 19.3. The smallest absolute Gasteiger partial charge is 0.315 e. The van der Waals surface area contributed by atoms with Crippen LogP contribution in [0.1, 0.15) is 22.9 Å². The fourth-order valence-corrected chi connectivity index (χ4v) is 1.35. The van der Waals surface area contributed by atoms with E-state index in [4.69, 9.17) is 4.52 Å². The number of aromatic nitrogens is 4. The van der Waals surface area contributed by atoms with Gasteiger partial charge in [-0.25, -0.2) is 4.98 Å². The lowest BCUT2D eigenvalue weighted by Crippen LogP contribution is -2.25. The van der Waals surface area contributed by atoms with E-state index >= 15 is 0 Å². The van der Waals surface area contributed by atoms with Gasteiger partial charge in [0, 0.05) is 25.5 Å². The zero-order valence-corrected chi connectivity index (χ0v) is 9.46. The Morgan fingerprint density at radius 1 is 1.59 bits per heavy atom. The minimum atomic E-state index is -0.337. The van der Waals surface area contributed by atoms with Crippen LogP contribution in [0.2, 0.25) is 0 Å². The highest BCUT2D eigenvalue weighted by molar-refractivity contribution is 5.89. The fourth-order valence-electron chi connectivity index (χ4n) is 1.35. The fraction of sp³-hybridized carbons (Fsp3) is 0.400. The second kappa shape index (κ2) is 5.24. The van der Waals surface area contributed by atoms with E-state index in [1.807, 2.05) is 10.8 Å². The molecule has 0 saturated carbocycles. The maximum atomic E-state index is 11.5. The summed E-state index contributed by atoms with van der Waals surface area (Å²) < 4.78 is 6.69. The number of nitrogens with one attached hydrogen (secondary N) is 1. The monoisotopic (exact) mass is 235 g/mol. The van der Waals surface area contributed by atoms with Crippen molar-refractivity contribution in [2.75, 3.05) is 6.54 Å². The second-order valence-corrected chi connectivity index (χ2v) is 3.56. The zero-order chi connectivity index (χ0) is 12.1. The molecule has 0 aromatic carbocycles. The number of imidazole rings is 1. The highest BCUT2D eigenvalue weighted by atomic mass is 16.5. The van der Waals surface area contributed by atoms with E-state index in [0.29, 0.717) is 12.4 Å². The lowest BCUT2D eigenvalue weighted by molar-refractivity contribution is 0.0909. The Morgan fingerprint density at radius 2 is 2.47 bits per heavy atom. The molecule has 17 heavy (non-hydrogen) atoms. The summed E-state index contributed by atoms with van der Waals surface area (Å²) in [5, 5.41) is 6.25. The summed E-state index contributed by atoms with van der Waals surface area (Å²) >= 11 is 0. The SMILES string of the molecule is Cc1noc(C(=O)NCCCn2ccnc2)n1. The Balaban J connectivity index is 1.70. The van der Waals surface area contributed by atoms with E-state index in [9.17, 15) is 4.79 Å². The molecule has 0 fully saturated rings. The summed E-state index contributed by atoms with van der Waals surface area (Å²) in [7, 11) is 0. The molecule has 0 unspecified atom stereocenters. The van der Waals surface area contributed by atoms with Gasteiger partial charge in [0.25, 0.3) is 0 Å². The summed E-state index contributed by atoms with van der Waals surface area (Å²) in [5.41, 5.74) is 0. The van der Waals surface area contributed by atoms with Gasteiger partial charge in [-0.3, -0.25) is 4.79 Å². The molecule has 0 aliphatic heterocycles. The number of hydrogen-bond acceptors (Lipinski definition) is 5. The van der Waals surface area contributed by atoms with Gasteiger partial charge < -0.3 is 14.4 Å². The Kier molecular flexibility index (Phi) is 3.49. The van der Waals surface area contributed by atoms with Crippen LogP contribution in [0.3, 0.4) is 0 Å². The van der Waals surface area contributed by atoms with Gasteiger partial charge in [0.05, 0.1) is 6.33 Å². The van der Waals surface area contributed by atoms with E-state index in [1.165, 1.54) is 0 Å². The molecule has 0 spiro atoms. The maximum Gasteiger partial charge on any atom is 0.315 e. The third kappa shape index (κ3) is 3.13. The number of carbonyl (C=O) groups excluding carboxylic acids is 1. The molecule has 2 aromatic rings. The van der Waals surface area contributed by atoms with Crippen molar-refractivity contribution in [3.63, 3.8) is 0 Å². The Morgan fingerprint density at radius 3 is 3.12 bits per heavy atom. The molecule has 7 nitrogen and oxygen atoms in total. The normalized spacial score (nSPS) is 10.4. The van der Waals surface area contributed by atoms with Gasteiger partial charge in [0.1, 0.15) is 0 Å². The predicted molar refractivity (Wildman–Crippen MR) is 58.2 cm³/mol. The van der Waals surface area contributed by atoms with E-state index in [-0.39, 0.29) is 11.8 Å². The lowest BCUT2D eigenvalue weighted by Gasteiger charge is -2.02. The van der Waals surface area contributed by atoms with Gasteiger partial charge in [-0.2, -0.15) is 4.98 Å². The minimum absolute atomic E-state index is 0.00475. The zero-order valence-electron chi connectivity index (χ0n) is 9.46. The standard InChI is InChI=1S/C10H13N5O2/c1-8-13-10(17-14-8)9(16)12-3-2-5-15-6-4-11-7-15/h4,6-7H,2-3,5H2,1H3,(H,12,16). The number of aryl methyl sites for hydroxylation is 2. The van der Waals surface area contributed by atoms with Crippen molar-refractivity contribution in [2.45, 2.75) is 19.9 Å². The molecule has 2 rings (SSSR count). The van der Waals surface area contributed by atoms with Crippen LogP contribution in [0, 0.1) is 6.92 Å². The van der Waals surface area contributed by atoms with E-state index in [0.717, 1.165) is 13.0 Å². The first kappa shape index (κ1) is 11.3. The van der Waals surface area contributed by atoms with Crippen LogP contribution in [-0.4, -0.2) is 32.1 Å². The number of hydrogen-bond donors (Lipinski definition) is 1. The van der Waals surface area contributed by atoms with Crippen molar-refractivity contribution in [3.8, 4) is 0 Å². The van der Waals surface area contributed by atoms with Crippen LogP contribution < -0.4 is 5.32 Å². The van der Waals surface area contributed by atoms with Crippen molar-refractivity contribution >= 4 is 5.91 Å². The summed E-state index contributed by atoms with van der Waals surface area (Å²) in [6, 6.07) is 0. The minimum Gasteiger partial charge on any atom is -0.348 e. The van der Waals surface area contributed by atoms with E-state index < -0.39 is 0 Å². The van der Waals surface area contributed by atoms with Gasteiger partial charge in [0.2, 0.25) is 0 Å². The molecule has 0 atom stereocenters. The van der Waals surface area contributed by atoms with E-state index in [1.54, 1.807) is 19.4 Å². The van der Waals surface area contributed by atoms with Gasteiger partial charge in [-0.05, 0) is 13.3 Å². The molecular weight excluding hydrogens is 222 g/mol. The van der Waals surface area contributed by atoms with Gasteiger partial charge in [0.15, 0.2) is 5.82 Å². The van der Waals surface area contributed by atoms with Crippen LogP contribution in [0.4, 0.5) is 0 Å². The molecule has 1 amide bonds. The molecule has 0 aliphatic rings. The predicted octanol–water partition coefficient (Wildman–Crippen LogP) is 0.395. The highest BCUT2D eigenvalue weighted by Gasteiger charge is 2.12. The molecule has 0 aliphatic carbocycles. The van der Waals surface area contributed by atoms with Crippen LogP contribution in [0.15, 0.2) is 23.2 Å². The molecular formula is C10H13N5O2. The Hall–Kier alpha value is -2.18. The average molecular weight is 235 g/mol. The summed E-state index contributed by atoms with van der Waals surface area (Å²) in [5.74, 6) is 0.120. The number of nitrogens with zero attached hydrogens (tertiary/aromatic N) is 4. The van der Waals surface area contributed by atoms with Crippen molar-refractivity contribution < 1.29 is 9.32 Å². The largest absolute Gasteiger partial charge is 0.348 e. The molecule has 2 heterocycles. The second-order valence-electron chi connectivity index (χ2n) is 3.56.